The molecular weight excluding hydrogens is 495 g/mol. The Bertz CT molecular complexity index is 858. The van der Waals surface area contributed by atoms with Crippen molar-refractivity contribution in [2.75, 3.05) is 33.1 Å². The van der Waals surface area contributed by atoms with Gasteiger partial charge >= 0.3 is 0 Å². The Kier molecular flexibility index (Phi) is 11.0. The first-order chi connectivity index (χ1) is 14.0. The smallest absolute Gasteiger partial charge is 0.221 e. The van der Waals surface area contributed by atoms with Gasteiger partial charge in [0, 0.05) is 44.4 Å². The van der Waals surface area contributed by atoms with Crippen molar-refractivity contribution in [2.24, 2.45) is 4.99 Å². The molecule has 30 heavy (non-hydrogen) atoms. The number of carbonyl (C=O) groups is 1. The predicted molar refractivity (Wildman–Crippen MR) is 132 cm³/mol. The normalized spacial score (nSPS) is 10.6. The number of aliphatic imine (C=N–C) groups is 1. The van der Waals surface area contributed by atoms with Crippen molar-refractivity contribution in [3.8, 4) is 11.5 Å². The Labute approximate surface area is 195 Å². The van der Waals surface area contributed by atoms with Crippen LogP contribution in [0.3, 0.4) is 0 Å². The van der Waals surface area contributed by atoms with Gasteiger partial charge in [-0.2, -0.15) is 0 Å². The van der Waals surface area contributed by atoms with E-state index in [1.807, 2.05) is 61.3 Å². The van der Waals surface area contributed by atoms with E-state index in [9.17, 15) is 4.79 Å². The highest BCUT2D eigenvalue weighted by atomic mass is 127. The molecule has 0 unspecified atom stereocenters. The fourth-order valence-electron chi connectivity index (χ4n) is 2.90. The van der Waals surface area contributed by atoms with Crippen LogP contribution in [0, 0.1) is 0 Å². The summed E-state index contributed by atoms with van der Waals surface area (Å²) in [6, 6.07) is 13.5. The molecular formula is C22H31IN4O3. The Balaban J connectivity index is 0.00000450. The third-order valence-electron chi connectivity index (χ3n) is 4.26. The molecule has 0 aromatic heterocycles. The standard InChI is InChI=1S/C22H30N4O3.HI/c1-6-23-22(24-14-17-8-7-9-19(12-17)25-16(2)27)26(3)15-18-10-11-20(28-4)13-21(18)29-5;/h7-13H,6,14-15H2,1-5H3,(H,23,24)(H,25,27);1H. The van der Waals surface area contributed by atoms with E-state index in [2.05, 4.69) is 10.6 Å². The molecule has 0 spiro atoms. The van der Waals surface area contributed by atoms with E-state index in [-0.39, 0.29) is 29.9 Å². The van der Waals surface area contributed by atoms with Gasteiger partial charge in [-0.3, -0.25) is 4.79 Å². The minimum atomic E-state index is -0.0906. The van der Waals surface area contributed by atoms with Gasteiger partial charge in [-0.1, -0.05) is 12.1 Å². The van der Waals surface area contributed by atoms with Gasteiger partial charge in [0.05, 0.1) is 20.8 Å². The number of guanidine groups is 1. The van der Waals surface area contributed by atoms with Crippen molar-refractivity contribution in [3.05, 3.63) is 53.6 Å². The highest BCUT2D eigenvalue weighted by molar-refractivity contribution is 14.0. The van der Waals surface area contributed by atoms with E-state index < -0.39 is 0 Å². The van der Waals surface area contributed by atoms with Crippen molar-refractivity contribution in [2.45, 2.75) is 26.9 Å². The molecule has 0 aliphatic carbocycles. The van der Waals surface area contributed by atoms with Gasteiger partial charge in [0.1, 0.15) is 11.5 Å². The van der Waals surface area contributed by atoms with Crippen molar-refractivity contribution in [1.82, 2.24) is 10.2 Å². The number of benzene rings is 2. The lowest BCUT2D eigenvalue weighted by atomic mass is 10.2. The SMILES string of the molecule is CCNC(=NCc1cccc(NC(C)=O)c1)N(C)Cc1ccc(OC)cc1OC.I. The molecule has 2 rings (SSSR count). The second-order valence-corrected chi connectivity index (χ2v) is 6.59. The lowest BCUT2D eigenvalue weighted by Crippen LogP contribution is -2.38. The van der Waals surface area contributed by atoms with Gasteiger partial charge in [0.25, 0.3) is 0 Å². The Hall–Kier alpha value is -2.49. The molecule has 7 nitrogen and oxygen atoms in total. The zero-order chi connectivity index (χ0) is 21.2. The van der Waals surface area contributed by atoms with E-state index in [1.54, 1.807) is 14.2 Å². The molecule has 0 bridgehead atoms. The largest absolute Gasteiger partial charge is 0.497 e. The summed E-state index contributed by atoms with van der Waals surface area (Å²) >= 11 is 0. The molecule has 0 heterocycles. The number of anilines is 1. The molecule has 0 aliphatic heterocycles. The molecule has 8 heteroatoms. The van der Waals surface area contributed by atoms with Crippen molar-refractivity contribution in [1.29, 1.82) is 0 Å². The van der Waals surface area contributed by atoms with E-state index >= 15 is 0 Å². The van der Waals surface area contributed by atoms with Crippen LogP contribution in [-0.4, -0.2) is 44.6 Å². The summed E-state index contributed by atoms with van der Waals surface area (Å²) in [5.74, 6) is 2.23. The van der Waals surface area contributed by atoms with Crippen LogP contribution < -0.4 is 20.1 Å². The van der Waals surface area contributed by atoms with Gasteiger partial charge < -0.3 is 25.0 Å². The van der Waals surface area contributed by atoms with E-state index in [0.717, 1.165) is 40.8 Å². The molecule has 0 saturated heterocycles. The molecule has 0 fully saturated rings. The Morgan fingerprint density at radius 3 is 2.53 bits per heavy atom. The monoisotopic (exact) mass is 526 g/mol. The summed E-state index contributed by atoms with van der Waals surface area (Å²) in [7, 11) is 5.27. The van der Waals surface area contributed by atoms with Gasteiger partial charge in [-0.15, -0.1) is 24.0 Å². The minimum Gasteiger partial charge on any atom is -0.497 e. The summed E-state index contributed by atoms with van der Waals surface area (Å²) in [4.78, 5) is 18.0. The van der Waals surface area contributed by atoms with Gasteiger partial charge in [0.2, 0.25) is 5.91 Å². The third kappa shape index (κ3) is 7.74. The summed E-state index contributed by atoms with van der Waals surface area (Å²) in [6.45, 7) is 5.42. The average Bonchev–Trinajstić information content (AvgIpc) is 2.71. The number of halogens is 1. The number of hydrogen-bond donors (Lipinski definition) is 2. The van der Waals surface area contributed by atoms with E-state index in [1.165, 1.54) is 6.92 Å². The van der Waals surface area contributed by atoms with Crippen LogP contribution in [-0.2, 0) is 17.9 Å². The first-order valence-electron chi connectivity index (χ1n) is 9.53. The molecule has 0 atom stereocenters. The van der Waals surface area contributed by atoms with Crippen LogP contribution in [0.5, 0.6) is 11.5 Å². The quantitative estimate of drug-likeness (QED) is 0.310. The fraction of sp³-hybridized carbons (Fsp3) is 0.364. The second-order valence-electron chi connectivity index (χ2n) is 6.59. The van der Waals surface area contributed by atoms with Crippen LogP contribution in [0.25, 0.3) is 0 Å². The predicted octanol–water partition coefficient (Wildman–Crippen LogP) is 3.88. The van der Waals surface area contributed by atoms with Crippen LogP contribution in [0.1, 0.15) is 25.0 Å². The third-order valence-corrected chi connectivity index (χ3v) is 4.26. The molecule has 0 saturated carbocycles. The molecule has 2 N–H and O–H groups in total. The number of carbonyl (C=O) groups excluding carboxylic acids is 1. The maximum atomic E-state index is 11.3. The highest BCUT2D eigenvalue weighted by Gasteiger charge is 2.11. The van der Waals surface area contributed by atoms with Crippen LogP contribution >= 0.6 is 24.0 Å². The summed E-state index contributed by atoms with van der Waals surface area (Å²) in [6.07, 6.45) is 0. The minimum absolute atomic E-state index is 0. The van der Waals surface area contributed by atoms with Gasteiger partial charge in [-0.25, -0.2) is 4.99 Å². The summed E-state index contributed by atoms with van der Waals surface area (Å²) in [5.41, 5.74) is 2.82. The topological polar surface area (TPSA) is 75.2 Å². The number of rotatable bonds is 8. The van der Waals surface area contributed by atoms with Gasteiger partial charge in [-0.05, 0) is 36.8 Å². The van der Waals surface area contributed by atoms with Crippen molar-refractivity contribution < 1.29 is 14.3 Å². The number of methoxy groups -OCH3 is 2. The van der Waals surface area contributed by atoms with Crippen LogP contribution in [0.15, 0.2) is 47.5 Å². The fourth-order valence-corrected chi connectivity index (χ4v) is 2.90. The van der Waals surface area contributed by atoms with Crippen LogP contribution in [0.4, 0.5) is 5.69 Å². The zero-order valence-electron chi connectivity index (χ0n) is 18.2. The number of nitrogens with one attached hydrogen (secondary N) is 2. The zero-order valence-corrected chi connectivity index (χ0v) is 20.5. The molecule has 0 aliphatic rings. The maximum Gasteiger partial charge on any atom is 0.221 e. The van der Waals surface area contributed by atoms with Crippen LogP contribution in [0.2, 0.25) is 0 Å². The summed E-state index contributed by atoms with van der Waals surface area (Å²) in [5, 5.41) is 6.12. The molecule has 0 radical (unpaired) electrons. The van der Waals surface area contributed by atoms with Crippen molar-refractivity contribution in [3.63, 3.8) is 0 Å². The number of amides is 1. The average molecular weight is 526 g/mol. The molecule has 164 valence electrons. The molecule has 2 aromatic rings. The van der Waals surface area contributed by atoms with E-state index in [0.29, 0.717) is 13.1 Å². The molecule has 2 aromatic carbocycles. The lowest BCUT2D eigenvalue weighted by Gasteiger charge is -2.23. The van der Waals surface area contributed by atoms with Crippen molar-refractivity contribution >= 4 is 41.5 Å². The second kappa shape index (κ2) is 12.9. The Morgan fingerprint density at radius 2 is 1.90 bits per heavy atom. The molecule has 1 amide bonds. The maximum absolute atomic E-state index is 11.3. The van der Waals surface area contributed by atoms with E-state index in [4.69, 9.17) is 14.5 Å². The summed E-state index contributed by atoms with van der Waals surface area (Å²) < 4.78 is 10.8. The first-order valence-corrected chi connectivity index (χ1v) is 9.53. The van der Waals surface area contributed by atoms with Gasteiger partial charge in [0.15, 0.2) is 5.96 Å². The lowest BCUT2D eigenvalue weighted by molar-refractivity contribution is -0.114. The first kappa shape index (κ1) is 25.5. The number of hydrogen-bond acceptors (Lipinski definition) is 4. The number of nitrogens with zero attached hydrogens (tertiary/aromatic N) is 2. The highest BCUT2D eigenvalue weighted by Crippen LogP contribution is 2.25. The Morgan fingerprint density at radius 1 is 1.13 bits per heavy atom. The number of ether oxygens (including phenoxy) is 2.